The van der Waals surface area contributed by atoms with Crippen LogP contribution in [0.25, 0.3) is 0 Å². The third-order valence-electron chi connectivity index (χ3n) is 2.50. The Bertz CT molecular complexity index is 522. The van der Waals surface area contributed by atoms with E-state index < -0.39 is 16.4 Å². The molecular formula is C12H15ClN2O4S. The maximum Gasteiger partial charge on any atom is 0.288 e. The number of nitro groups is 1. The van der Waals surface area contributed by atoms with Gasteiger partial charge in [-0.05, 0) is 19.2 Å². The molecule has 0 aliphatic rings. The highest BCUT2D eigenvalue weighted by molar-refractivity contribution is 7.98. The Hall–Kier alpha value is -1.31. The van der Waals surface area contributed by atoms with Gasteiger partial charge in [-0.15, -0.1) is 0 Å². The molecule has 0 aliphatic carbocycles. The summed E-state index contributed by atoms with van der Waals surface area (Å²) in [4.78, 5) is 22.1. The normalized spacial score (nSPS) is 13.6. The lowest BCUT2D eigenvalue weighted by Crippen LogP contribution is -2.42. The first-order chi connectivity index (χ1) is 9.28. The van der Waals surface area contributed by atoms with Crippen LogP contribution in [-0.2, 0) is 0 Å². The maximum absolute atomic E-state index is 12.0. The van der Waals surface area contributed by atoms with Gasteiger partial charge in [-0.2, -0.15) is 11.8 Å². The molecular weight excluding hydrogens is 304 g/mol. The van der Waals surface area contributed by atoms with Crippen molar-refractivity contribution in [2.45, 2.75) is 12.5 Å². The minimum Gasteiger partial charge on any atom is -0.387 e. The highest BCUT2D eigenvalue weighted by atomic mass is 35.5. The van der Waals surface area contributed by atoms with E-state index in [-0.39, 0.29) is 22.8 Å². The number of benzene rings is 1. The summed E-state index contributed by atoms with van der Waals surface area (Å²) in [6.45, 7) is 1.63. The molecule has 2 N–H and O–H groups in total. The zero-order chi connectivity index (χ0) is 15.3. The molecule has 0 aliphatic heterocycles. The predicted octanol–water partition coefficient (Wildman–Crippen LogP) is 2.09. The van der Waals surface area contributed by atoms with E-state index in [2.05, 4.69) is 5.32 Å². The fourth-order valence-electron chi connectivity index (χ4n) is 1.56. The third-order valence-corrected chi connectivity index (χ3v) is 3.81. The number of halogens is 1. The smallest absolute Gasteiger partial charge is 0.288 e. The van der Waals surface area contributed by atoms with Crippen molar-refractivity contribution >= 4 is 35.0 Å². The molecule has 0 saturated heterocycles. The average molecular weight is 319 g/mol. The van der Waals surface area contributed by atoms with Crippen LogP contribution in [0.5, 0.6) is 0 Å². The van der Waals surface area contributed by atoms with E-state index in [0.717, 1.165) is 0 Å². The van der Waals surface area contributed by atoms with Crippen LogP contribution >= 0.6 is 23.4 Å². The predicted molar refractivity (Wildman–Crippen MR) is 79.4 cm³/mol. The lowest BCUT2D eigenvalue weighted by atomic mass is 10.1. The first-order valence-electron chi connectivity index (χ1n) is 5.71. The quantitative estimate of drug-likeness (QED) is 0.619. The first-order valence-corrected chi connectivity index (χ1v) is 7.48. The first kappa shape index (κ1) is 16.7. The number of nitrogens with zero attached hydrogens (tertiary/aromatic N) is 1. The molecule has 20 heavy (non-hydrogen) atoms. The number of amides is 1. The summed E-state index contributed by atoms with van der Waals surface area (Å²) in [6.07, 6.45) is 1.84. The number of aliphatic hydroxyl groups is 1. The summed E-state index contributed by atoms with van der Waals surface area (Å²) in [7, 11) is 0. The standard InChI is InChI=1S/C12H15ClN2O4S/c1-12(17,7-20-2)6-14-11(16)8-4-3-5-9(10(8)13)15(18)19/h3-5,17H,6-7H2,1-2H3,(H,14,16). The molecule has 6 nitrogen and oxygen atoms in total. The molecule has 1 rings (SSSR count). The molecule has 1 aromatic rings. The minimum absolute atomic E-state index is 0.0146. The van der Waals surface area contributed by atoms with Gasteiger partial charge >= 0.3 is 0 Å². The fraction of sp³-hybridized carbons (Fsp3) is 0.417. The van der Waals surface area contributed by atoms with E-state index in [0.29, 0.717) is 5.75 Å². The van der Waals surface area contributed by atoms with Crippen LogP contribution in [0.1, 0.15) is 17.3 Å². The van der Waals surface area contributed by atoms with Crippen molar-refractivity contribution in [3.8, 4) is 0 Å². The Balaban J connectivity index is 2.84. The van der Waals surface area contributed by atoms with Crippen LogP contribution in [0, 0.1) is 10.1 Å². The van der Waals surface area contributed by atoms with Gasteiger partial charge in [-0.25, -0.2) is 0 Å². The second-order valence-corrected chi connectivity index (χ2v) is 5.75. The van der Waals surface area contributed by atoms with Gasteiger partial charge in [0.15, 0.2) is 0 Å². The fourth-order valence-corrected chi connectivity index (χ4v) is 2.57. The number of rotatable bonds is 6. The van der Waals surface area contributed by atoms with Crippen molar-refractivity contribution in [3.05, 3.63) is 38.9 Å². The summed E-state index contributed by atoms with van der Waals surface area (Å²) >= 11 is 7.29. The molecule has 1 aromatic carbocycles. The molecule has 110 valence electrons. The van der Waals surface area contributed by atoms with Crippen molar-refractivity contribution < 1.29 is 14.8 Å². The van der Waals surface area contributed by atoms with Crippen LogP contribution in [0.3, 0.4) is 0 Å². The zero-order valence-corrected chi connectivity index (χ0v) is 12.6. The molecule has 0 aromatic heterocycles. The largest absolute Gasteiger partial charge is 0.387 e. The highest BCUT2D eigenvalue weighted by Gasteiger charge is 2.23. The molecule has 0 bridgehead atoms. The second-order valence-electron chi connectivity index (χ2n) is 4.51. The van der Waals surface area contributed by atoms with E-state index in [1.807, 2.05) is 6.26 Å². The highest BCUT2D eigenvalue weighted by Crippen LogP contribution is 2.27. The number of nitro benzene ring substituents is 1. The molecule has 8 heteroatoms. The lowest BCUT2D eigenvalue weighted by molar-refractivity contribution is -0.384. The van der Waals surface area contributed by atoms with E-state index in [1.165, 1.54) is 30.0 Å². The van der Waals surface area contributed by atoms with Crippen molar-refractivity contribution in [2.24, 2.45) is 0 Å². The number of hydrogen-bond donors (Lipinski definition) is 2. The van der Waals surface area contributed by atoms with Gasteiger partial charge in [0.25, 0.3) is 11.6 Å². The minimum atomic E-state index is -1.05. The Labute approximate surface area is 125 Å². The molecule has 0 heterocycles. The Morgan fingerprint density at radius 2 is 2.25 bits per heavy atom. The monoisotopic (exact) mass is 318 g/mol. The van der Waals surface area contributed by atoms with E-state index in [4.69, 9.17) is 11.6 Å². The van der Waals surface area contributed by atoms with Gasteiger partial charge in [0.2, 0.25) is 0 Å². The van der Waals surface area contributed by atoms with Crippen molar-refractivity contribution in [1.29, 1.82) is 0 Å². The zero-order valence-electron chi connectivity index (χ0n) is 11.1. The number of carbonyl (C=O) groups excluding carboxylic acids is 1. The number of hydrogen-bond acceptors (Lipinski definition) is 5. The summed E-state index contributed by atoms with van der Waals surface area (Å²) in [5, 5.41) is 23.0. The van der Waals surface area contributed by atoms with E-state index in [9.17, 15) is 20.0 Å². The van der Waals surface area contributed by atoms with Gasteiger partial charge in [0, 0.05) is 18.4 Å². The summed E-state index contributed by atoms with van der Waals surface area (Å²) in [5.41, 5.74) is -1.36. The van der Waals surface area contributed by atoms with Crippen molar-refractivity contribution in [1.82, 2.24) is 5.32 Å². The van der Waals surface area contributed by atoms with Gasteiger partial charge < -0.3 is 10.4 Å². The van der Waals surface area contributed by atoms with Gasteiger partial charge in [-0.3, -0.25) is 14.9 Å². The molecule has 1 unspecified atom stereocenters. The summed E-state index contributed by atoms with van der Waals surface area (Å²) in [6, 6.07) is 4.01. The lowest BCUT2D eigenvalue weighted by Gasteiger charge is -2.22. The van der Waals surface area contributed by atoms with Crippen LogP contribution < -0.4 is 5.32 Å². The average Bonchev–Trinajstić information content (AvgIpc) is 2.36. The molecule has 0 saturated carbocycles. The topological polar surface area (TPSA) is 92.5 Å². The number of nitrogens with one attached hydrogen (secondary N) is 1. The van der Waals surface area contributed by atoms with E-state index in [1.54, 1.807) is 6.92 Å². The second kappa shape index (κ2) is 6.92. The Kier molecular flexibility index (Phi) is 5.79. The van der Waals surface area contributed by atoms with Crippen LogP contribution in [0.4, 0.5) is 5.69 Å². The van der Waals surface area contributed by atoms with Crippen LogP contribution in [0.15, 0.2) is 18.2 Å². The molecule has 0 spiro atoms. The maximum atomic E-state index is 12.0. The third kappa shape index (κ3) is 4.36. The van der Waals surface area contributed by atoms with E-state index >= 15 is 0 Å². The van der Waals surface area contributed by atoms with Crippen LogP contribution in [-0.4, -0.2) is 40.1 Å². The van der Waals surface area contributed by atoms with Gasteiger partial charge in [0.05, 0.1) is 16.1 Å². The van der Waals surface area contributed by atoms with Crippen molar-refractivity contribution in [3.63, 3.8) is 0 Å². The van der Waals surface area contributed by atoms with Gasteiger partial charge in [0.1, 0.15) is 5.02 Å². The van der Waals surface area contributed by atoms with Gasteiger partial charge in [-0.1, -0.05) is 17.7 Å². The summed E-state index contributed by atoms with van der Waals surface area (Å²) in [5.74, 6) is -0.101. The molecule has 0 fully saturated rings. The van der Waals surface area contributed by atoms with Crippen LogP contribution in [0.2, 0.25) is 5.02 Å². The molecule has 1 atom stereocenters. The molecule has 0 radical (unpaired) electrons. The number of carbonyl (C=O) groups is 1. The number of thioether (sulfide) groups is 1. The Morgan fingerprint density at radius 1 is 1.60 bits per heavy atom. The summed E-state index contributed by atoms with van der Waals surface area (Å²) < 4.78 is 0. The SMILES string of the molecule is CSCC(C)(O)CNC(=O)c1cccc([N+](=O)[O-])c1Cl. The molecule has 1 amide bonds. The Morgan fingerprint density at radius 3 is 2.80 bits per heavy atom. The van der Waals surface area contributed by atoms with Crippen molar-refractivity contribution in [2.75, 3.05) is 18.6 Å².